The monoisotopic (exact) mass is 270 g/mol. The molecule has 0 unspecified atom stereocenters. The molecule has 20 heavy (non-hydrogen) atoms. The third kappa shape index (κ3) is 2.49. The summed E-state index contributed by atoms with van der Waals surface area (Å²) in [6.45, 7) is 0. The summed E-state index contributed by atoms with van der Waals surface area (Å²) >= 11 is 0. The second-order valence-electron chi connectivity index (χ2n) is 4.30. The molecule has 0 bridgehead atoms. The van der Waals surface area contributed by atoms with Crippen LogP contribution in [0.3, 0.4) is 0 Å². The Kier molecular flexibility index (Phi) is 3.12. The topological polar surface area (TPSA) is 70.7 Å². The highest BCUT2D eigenvalue weighted by Gasteiger charge is 2.10. The zero-order valence-corrected chi connectivity index (χ0v) is 10.4. The summed E-state index contributed by atoms with van der Waals surface area (Å²) in [6.07, 6.45) is 4.92. The molecule has 1 aromatic carbocycles. The number of fused-ring (bicyclic) bond motifs is 1. The van der Waals surface area contributed by atoms with Crippen LogP contribution in [-0.2, 0) is 11.2 Å². The van der Waals surface area contributed by atoms with Gasteiger partial charge >= 0.3 is 0 Å². The van der Waals surface area contributed by atoms with Crippen molar-refractivity contribution >= 4 is 22.8 Å². The van der Waals surface area contributed by atoms with Gasteiger partial charge in [-0.25, -0.2) is 14.4 Å². The standard InChI is InChI=1S/C14H11FN4O/c15-10-2-3-12-11(7-10)9(8-18-12)6-13(20)19-14-16-4-1-5-17-14/h1-5,7-8,18H,6H2,(H,16,17,19,20). The van der Waals surface area contributed by atoms with Crippen LogP contribution in [0, 0.1) is 5.82 Å². The molecule has 0 saturated heterocycles. The maximum atomic E-state index is 13.2. The van der Waals surface area contributed by atoms with Crippen LogP contribution in [0.25, 0.3) is 10.9 Å². The Morgan fingerprint density at radius 3 is 2.90 bits per heavy atom. The van der Waals surface area contributed by atoms with Gasteiger partial charge in [-0.2, -0.15) is 0 Å². The summed E-state index contributed by atoms with van der Waals surface area (Å²) in [5.74, 6) is -0.324. The Bertz CT molecular complexity index is 754. The predicted molar refractivity (Wildman–Crippen MR) is 72.6 cm³/mol. The molecule has 0 aliphatic carbocycles. The third-order valence-electron chi connectivity index (χ3n) is 2.90. The summed E-state index contributed by atoms with van der Waals surface area (Å²) < 4.78 is 13.2. The van der Waals surface area contributed by atoms with Crippen molar-refractivity contribution < 1.29 is 9.18 Å². The summed E-state index contributed by atoms with van der Waals surface area (Å²) in [5.41, 5.74) is 1.53. The minimum Gasteiger partial charge on any atom is -0.361 e. The van der Waals surface area contributed by atoms with Crippen LogP contribution in [0.2, 0.25) is 0 Å². The lowest BCUT2D eigenvalue weighted by Gasteiger charge is -2.02. The van der Waals surface area contributed by atoms with Gasteiger partial charge in [-0.1, -0.05) is 0 Å². The van der Waals surface area contributed by atoms with Gasteiger partial charge in [-0.05, 0) is 29.8 Å². The van der Waals surface area contributed by atoms with Gasteiger partial charge in [-0.15, -0.1) is 0 Å². The number of rotatable bonds is 3. The quantitative estimate of drug-likeness (QED) is 0.767. The summed E-state index contributed by atoms with van der Waals surface area (Å²) in [6, 6.07) is 6.10. The van der Waals surface area contributed by atoms with Crippen LogP contribution in [0.5, 0.6) is 0 Å². The van der Waals surface area contributed by atoms with Crippen LogP contribution in [0.1, 0.15) is 5.56 Å². The Morgan fingerprint density at radius 1 is 1.30 bits per heavy atom. The molecule has 3 aromatic rings. The molecule has 6 heteroatoms. The SMILES string of the molecule is O=C(Cc1c[nH]c2ccc(F)cc12)Nc1ncccn1. The number of carbonyl (C=O) groups is 1. The average Bonchev–Trinajstić information content (AvgIpc) is 2.82. The van der Waals surface area contributed by atoms with Crippen LogP contribution < -0.4 is 5.32 Å². The molecule has 3 rings (SSSR count). The zero-order valence-electron chi connectivity index (χ0n) is 10.4. The van der Waals surface area contributed by atoms with Crippen LogP contribution >= 0.6 is 0 Å². The van der Waals surface area contributed by atoms with E-state index in [0.717, 1.165) is 11.1 Å². The van der Waals surface area contributed by atoms with E-state index in [1.54, 1.807) is 30.7 Å². The number of benzene rings is 1. The lowest BCUT2D eigenvalue weighted by molar-refractivity contribution is -0.115. The van der Waals surface area contributed by atoms with Gasteiger partial charge in [0, 0.05) is 29.5 Å². The molecule has 0 spiro atoms. The fourth-order valence-electron chi connectivity index (χ4n) is 2.00. The van der Waals surface area contributed by atoms with Gasteiger partial charge in [0.05, 0.1) is 6.42 Å². The first-order valence-corrected chi connectivity index (χ1v) is 6.05. The van der Waals surface area contributed by atoms with E-state index in [2.05, 4.69) is 20.3 Å². The molecule has 0 aliphatic rings. The van der Waals surface area contributed by atoms with Gasteiger partial charge < -0.3 is 4.98 Å². The second-order valence-corrected chi connectivity index (χ2v) is 4.30. The number of amides is 1. The Labute approximate surface area is 113 Å². The average molecular weight is 270 g/mol. The lowest BCUT2D eigenvalue weighted by atomic mass is 10.1. The van der Waals surface area contributed by atoms with E-state index in [-0.39, 0.29) is 24.1 Å². The predicted octanol–water partition coefficient (Wildman–Crippen LogP) is 2.28. The van der Waals surface area contributed by atoms with Gasteiger partial charge in [0.25, 0.3) is 0 Å². The lowest BCUT2D eigenvalue weighted by Crippen LogP contribution is -2.15. The molecular formula is C14H11FN4O. The van der Waals surface area contributed by atoms with Gasteiger partial charge in [0.2, 0.25) is 11.9 Å². The molecule has 2 heterocycles. The number of carbonyl (C=O) groups excluding carboxylic acids is 1. The number of hydrogen-bond donors (Lipinski definition) is 2. The van der Waals surface area contributed by atoms with Crippen molar-refractivity contribution in [2.24, 2.45) is 0 Å². The van der Waals surface area contributed by atoms with E-state index in [1.807, 2.05) is 0 Å². The second kappa shape index (κ2) is 5.08. The molecule has 1 amide bonds. The Morgan fingerprint density at radius 2 is 2.10 bits per heavy atom. The van der Waals surface area contributed by atoms with Gasteiger partial charge in [0.15, 0.2) is 0 Å². The Hall–Kier alpha value is -2.76. The van der Waals surface area contributed by atoms with Crippen LogP contribution in [0.4, 0.5) is 10.3 Å². The normalized spacial score (nSPS) is 10.7. The first kappa shape index (κ1) is 12.3. The van der Waals surface area contributed by atoms with E-state index in [0.29, 0.717) is 5.39 Å². The van der Waals surface area contributed by atoms with Crippen molar-refractivity contribution in [2.75, 3.05) is 5.32 Å². The van der Waals surface area contributed by atoms with Crippen molar-refractivity contribution in [2.45, 2.75) is 6.42 Å². The summed E-state index contributed by atoms with van der Waals surface area (Å²) in [4.78, 5) is 22.7. The smallest absolute Gasteiger partial charge is 0.231 e. The fourth-order valence-corrected chi connectivity index (χ4v) is 2.00. The number of hydrogen-bond acceptors (Lipinski definition) is 3. The van der Waals surface area contributed by atoms with E-state index in [1.165, 1.54) is 12.1 Å². The highest BCUT2D eigenvalue weighted by molar-refractivity contribution is 5.94. The third-order valence-corrected chi connectivity index (χ3v) is 2.90. The number of nitrogens with one attached hydrogen (secondary N) is 2. The van der Waals surface area contributed by atoms with Crippen molar-refractivity contribution in [3.05, 3.63) is 54.2 Å². The van der Waals surface area contributed by atoms with Crippen LogP contribution in [0.15, 0.2) is 42.9 Å². The molecular weight excluding hydrogens is 259 g/mol. The first-order chi connectivity index (χ1) is 9.72. The number of aromatic amines is 1. The number of aromatic nitrogens is 3. The highest BCUT2D eigenvalue weighted by atomic mass is 19.1. The number of halogens is 1. The van der Waals surface area contributed by atoms with Crippen molar-refractivity contribution in [3.63, 3.8) is 0 Å². The molecule has 0 aliphatic heterocycles. The van der Waals surface area contributed by atoms with E-state index in [9.17, 15) is 9.18 Å². The maximum Gasteiger partial charge on any atom is 0.231 e. The Balaban J connectivity index is 1.79. The highest BCUT2D eigenvalue weighted by Crippen LogP contribution is 2.20. The van der Waals surface area contributed by atoms with E-state index in [4.69, 9.17) is 0 Å². The van der Waals surface area contributed by atoms with Crippen molar-refractivity contribution in [3.8, 4) is 0 Å². The van der Waals surface area contributed by atoms with Gasteiger partial charge in [0.1, 0.15) is 5.82 Å². The van der Waals surface area contributed by atoms with Crippen molar-refractivity contribution in [1.29, 1.82) is 0 Å². The molecule has 2 aromatic heterocycles. The maximum absolute atomic E-state index is 13.2. The summed E-state index contributed by atoms with van der Waals surface area (Å²) in [7, 11) is 0. The molecule has 2 N–H and O–H groups in total. The van der Waals surface area contributed by atoms with Crippen molar-refractivity contribution in [1.82, 2.24) is 15.0 Å². The minimum atomic E-state index is -0.329. The molecule has 0 atom stereocenters. The minimum absolute atomic E-state index is 0.127. The summed E-state index contributed by atoms with van der Waals surface area (Å²) in [5, 5.41) is 3.29. The first-order valence-electron chi connectivity index (χ1n) is 6.05. The fraction of sp³-hybridized carbons (Fsp3) is 0.0714. The number of H-pyrrole nitrogens is 1. The number of nitrogens with zero attached hydrogens (tertiary/aromatic N) is 2. The van der Waals surface area contributed by atoms with E-state index >= 15 is 0 Å². The van der Waals surface area contributed by atoms with Crippen LogP contribution in [-0.4, -0.2) is 20.9 Å². The zero-order chi connectivity index (χ0) is 13.9. The molecule has 0 saturated carbocycles. The molecule has 0 radical (unpaired) electrons. The van der Waals surface area contributed by atoms with E-state index < -0.39 is 0 Å². The molecule has 100 valence electrons. The van der Waals surface area contributed by atoms with Gasteiger partial charge in [-0.3, -0.25) is 10.1 Å². The number of anilines is 1. The molecule has 0 fully saturated rings. The molecule has 5 nitrogen and oxygen atoms in total. The largest absolute Gasteiger partial charge is 0.361 e.